The maximum atomic E-state index is 12.2. The Bertz CT molecular complexity index is 838. The van der Waals surface area contributed by atoms with Gasteiger partial charge in [-0.2, -0.15) is 0 Å². The van der Waals surface area contributed by atoms with Gasteiger partial charge in [0.05, 0.1) is 5.56 Å². The molecule has 3 rings (SSSR count). The minimum Gasteiger partial charge on any atom is -0.489 e. The Hall–Kier alpha value is -2.59. The SMILES string of the molecule is Cc1ccc(OCc2ccc(C(=O)Oc3ccc(Br)cc3)cc2)cc1. The van der Waals surface area contributed by atoms with Crippen molar-refractivity contribution in [2.45, 2.75) is 13.5 Å². The molecule has 3 aromatic rings. The molecule has 0 saturated carbocycles. The van der Waals surface area contributed by atoms with Crippen molar-refractivity contribution in [3.63, 3.8) is 0 Å². The molecule has 0 heterocycles. The van der Waals surface area contributed by atoms with Crippen LogP contribution in [0.5, 0.6) is 11.5 Å². The summed E-state index contributed by atoms with van der Waals surface area (Å²) in [6.07, 6.45) is 0. The van der Waals surface area contributed by atoms with Crippen molar-refractivity contribution in [1.29, 1.82) is 0 Å². The molecule has 0 bridgehead atoms. The highest BCUT2D eigenvalue weighted by Gasteiger charge is 2.08. The van der Waals surface area contributed by atoms with Crippen LogP contribution in [-0.4, -0.2) is 5.97 Å². The second-order valence-corrected chi connectivity index (χ2v) is 6.56. The summed E-state index contributed by atoms with van der Waals surface area (Å²) in [5.74, 6) is 0.956. The smallest absolute Gasteiger partial charge is 0.343 e. The van der Waals surface area contributed by atoms with E-state index in [2.05, 4.69) is 15.9 Å². The van der Waals surface area contributed by atoms with Gasteiger partial charge in [-0.05, 0) is 61.0 Å². The molecule has 0 spiro atoms. The molecule has 25 heavy (non-hydrogen) atoms. The number of halogens is 1. The minimum absolute atomic E-state index is 0.381. The lowest BCUT2D eigenvalue weighted by molar-refractivity contribution is 0.0734. The Labute approximate surface area is 155 Å². The molecule has 0 aliphatic carbocycles. The summed E-state index contributed by atoms with van der Waals surface area (Å²) in [6.45, 7) is 2.49. The van der Waals surface area contributed by atoms with E-state index >= 15 is 0 Å². The zero-order valence-corrected chi connectivity index (χ0v) is 15.3. The van der Waals surface area contributed by atoms with Gasteiger partial charge in [-0.15, -0.1) is 0 Å². The van der Waals surface area contributed by atoms with Crippen molar-refractivity contribution in [3.8, 4) is 11.5 Å². The van der Waals surface area contributed by atoms with Crippen LogP contribution in [0.1, 0.15) is 21.5 Å². The molecule has 0 fully saturated rings. The molecular formula is C21H17BrO3. The molecule has 0 N–H and O–H groups in total. The number of rotatable bonds is 5. The number of hydrogen-bond donors (Lipinski definition) is 0. The minimum atomic E-state index is -0.381. The van der Waals surface area contributed by atoms with E-state index in [1.54, 1.807) is 24.3 Å². The molecule has 0 amide bonds. The zero-order valence-electron chi connectivity index (χ0n) is 13.7. The fraction of sp³-hybridized carbons (Fsp3) is 0.0952. The lowest BCUT2D eigenvalue weighted by atomic mass is 10.1. The van der Waals surface area contributed by atoms with E-state index in [0.717, 1.165) is 15.8 Å². The highest BCUT2D eigenvalue weighted by atomic mass is 79.9. The van der Waals surface area contributed by atoms with E-state index in [-0.39, 0.29) is 5.97 Å². The Morgan fingerprint density at radius 2 is 1.44 bits per heavy atom. The quantitative estimate of drug-likeness (QED) is 0.418. The monoisotopic (exact) mass is 396 g/mol. The van der Waals surface area contributed by atoms with Gasteiger partial charge in [0, 0.05) is 4.47 Å². The summed E-state index contributed by atoms with van der Waals surface area (Å²) in [7, 11) is 0. The van der Waals surface area contributed by atoms with Gasteiger partial charge >= 0.3 is 5.97 Å². The van der Waals surface area contributed by atoms with Crippen LogP contribution in [0.15, 0.2) is 77.3 Å². The lowest BCUT2D eigenvalue weighted by Gasteiger charge is -2.08. The van der Waals surface area contributed by atoms with Crippen LogP contribution < -0.4 is 9.47 Å². The van der Waals surface area contributed by atoms with Gasteiger partial charge in [0.2, 0.25) is 0 Å². The number of carbonyl (C=O) groups is 1. The Kier molecular flexibility index (Phi) is 5.51. The second-order valence-electron chi connectivity index (χ2n) is 5.64. The third kappa shape index (κ3) is 4.94. The maximum Gasteiger partial charge on any atom is 0.343 e. The van der Waals surface area contributed by atoms with E-state index in [1.165, 1.54) is 5.56 Å². The number of benzene rings is 3. The molecule has 0 aliphatic rings. The number of ether oxygens (including phenoxy) is 2. The maximum absolute atomic E-state index is 12.2. The summed E-state index contributed by atoms with van der Waals surface area (Å²) in [6, 6.07) is 22.3. The van der Waals surface area contributed by atoms with Gasteiger partial charge in [0.25, 0.3) is 0 Å². The first-order chi connectivity index (χ1) is 12.1. The standard InChI is InChI=1S/C21H17BrO3/c1-15-2-10-19(11-3-15)24-14-16-4-6-17(7-5-16)21(23)25-20-12-8-18(22)9-13-20/h2-13H,14H2,1H3. The fourth-order valence-electron chi connectivity index (χ4n) is 2.21. The van der Waals surface area contributed by atoms with Crippen LogP contribution in [0.3, 0.4) is 0 Å². The summed E-state index contributed by atoms with van der Waals surface area (Å²) in [4.78, 5) is 12.2. The first kappa shape index (κ1) is 17.2. The molecule has 0 unspecified atom stereocenters. The van der Waals surface area contributed by atoms with Crippen LogP contribution in [0.25, 0.3) is 0 Å². The van der Waals surface area contributed by atoms with E-state index in [0.29, 0.717) is 17.9 Å². The highest BCUT2D eigenvalue weighted by Crippen LogP contribution is 2.18. The van der Waals surface area contributed by atoms with Crippen LogP contribution in [-0.2, 0) is 6.61 Å². The van der Waals surface area contributed by atoms with Crippen molar-refractivity contribution in [2.75, 3.05) is 0 Å². The largest absolute Gasteiger partial charge is 0.489 e. The molecule has 0 saturated heterocycles. The van der Waals surface area contributed by atoms with Gasteiger partial charge in [0.15, 0.2) is 0 Å². The Balaban J connectivity index is 1.58. The average Bonchev–Trinajstić information content (AvgIpc) is 2.63. The van der Waals surface area contributed by atoms with E-state index < -0.39 is 0 Å². The summed E-state index contributed by atoms with van der Waals surface area (Å²) in [5.41, 5.74) is 2.68. The van der Waals surface area contributed by atoms with Crippen LogP contribution in [0, 0.1) is 6.92 Å². The van der Waals surface area contributed by atoms with Crippen molar-refractivity contribution in [3.05, 3.63) is 94.0 Å². The van der Waals surface area contributed by atoms with Crippen molar-refractivity contribution in [2.24, 2.45) is 0 Å². The predicted molar refractivity (Wildman–Crippen MR) is 101 cm³/mol. The molecule has 126 valence electrons. The van der Waals surface area contributed by atoms with Gasteiger partial charge in [-0.1, -0.05) is 45.8 Å². The molecule has 0 radical (unpaired) electrons. The normalized spacial score (nSPS) is 10.3. The van der Waals surface area contributed by atoms with E-state index in [1.807, 2.05) is 55.5 Å². The molecule has 0 aromatic heterocycles. The highest BCUT2D eigenvalue weighted by molar-refractivity contribution is 9.10. The van der Waals surface area contributed by atoms with Crippen LogP contribution in [0.4, 0.5) is 0 Å². The summed E-state index contributed by atoms with van der Waals surface area (Å²) >= 11 is 3.35. The summed E-state index contributed by atoms with van der Waals surface area (Å²) < 4.78 is 12.0. The number of hydrogen-bond acceptors (Lipinski definition) is 3. The zero-order chi connectivity index (χ0) is 17.6. The Morgan fingerprint density at radius 1 is 0.840 bits per heavy atom. The van der Waals surface area contributed by atoms with Gasteiger partial charge in [-0.25, -0.2) is 4.79 Å². The average molecular weight is 397 g/mol. The second kappa shape index (κ2) is 7.99. The third-order valence-corrected chi connectivity index (χ3v) is 4.17. The summed E-state index contributed by atoms with van der Waals surface area (Å²) in [5, 5.41) is 0. The third-order valence-electron chi connectivity index (χ3n) is 3.64. The van der Waals surface area contributed by atoms with Gasteiger partial charge < -0.3 is 9.47 Å². The lowest BCUT2D eigenvalue weighted by Crippen LogP contribution is -2.08. The van der Waals surface area contributed by atoms with Gasteiger partial charge in [-0.3, -0.25) is 0 Å². The van der Waals surface area contributed by atoms with E-state index in [9.17, 15) is 4.79 Å². The first-order valence-corrected chi connectivity index (χ1v) is 8.65. The number of esters is 1. The molecule has 3 nitrogen and oxygen atoms in total. The predicted octanol–water partition coefficient (Wildman–Crippen LogP) is 5.56. The van der Waals surface area contributed by atoms with Gasteiger partial charge in [0.1, 0.15) is 18.1 Å². The molecular weight excluding hydrogens is 380 g/mol. The molecule has 4 heteroatoms. The topological polar surface area (TPSA) is 35.5 Å². The molecule has 3 aromatic carbocycles. The van der Waals surface area contributed by atoms with Crippen LogP contribution >= 0.6 is 15.9 Å². The Morgan fingerprint density at radius 3 is 2.08 bits per heavy atom. The molecule has 0 aliphatic heterocycles. The van der Waals surface area contributed by atoms with Crippen molar-refractivity contribution in [1.82, 2.24) is 0 Å². The van der Waals surface area contributed by atoms with Crippen molar-refractivity contribution < 1.29 is 14.3 Å². The number of carbonyl (C=O) groups excluding carboxylic acids is 1. The van der Waals surface area contributed by atoms with Crippen molar-refractivity contribution >= 4 is 21.9 Å². The number of aryl methyl sites for hydroxylation is 1. The van der Waals surface area contributed by atoms with Crippen LogP contribution in [0.2, 0.25) is 0 Å². The fourth-order valence-corrected chi connectivity index (χ4v) is 2.47. The first-order valence-electron chi connectivity index (χ1n) is 7.86. The molecule has 0 atom stereocenters. The van der Waals surface area contributed by atoms with E-state index in [4.69, 9.17) is 9.47 Å².